The Bertz CT molecular complexity index is 707. The lowest BCUT2D eigenvalue weighted by Crippen LogP contribution is -2.44. The van der Waals surface area contributed by atoms with Crippen molar-refractivity contribution >= 4 is 17.7 Å². The second-order valence-corrected chi connectivity index (χ2v) is 7.12. The molecule has 1 aromatic carbocycles. The van der Waals surface area contributed by atoms with Crippen molar-refractivity contribution in [3.63, 3.8) is 0 Å². The maximum absolute atomic E-state index is 12.6. The highest BCUT2D eigenvalue weighted by atomic mass is 32.2. The van der Waals surface area contributed by atoms with E-state index in [1.54, 1.807) is 4.68 Å². The van der Waals surface area contributed by atoms with E-state index in [2.05, 4.69) is 15.5 Å². The maximum Gasteiger partial charge on any atom is 0.236 e. The minimum Gasteiger partial charge on any atom is -0.378 e. The van der Waals surface area contributed by atoms with Crippen LogP contribution in [-0.2, 0) is 9.53 Å². The summed E-state index contributed by atoms with van der Waals surface area (Å²) in [5.74, 6) is 0.0966. The minimum atomic E-state index is -0.253. The van der Waals surface area contributed by atoms with Crippen LogP contribution >= 0.6 is 11.8 Å². The molecule has 3 rings (SSSR count). The van der Waals surface area contributed by atoms with E-state index in [1.165, 1.54) is 11.8 Å². The number of amides is 1. The van der Waals surface area contributed by atoms with Crippen LogP contribution in [0, 0.1) is 13.8 Å². The molecule has 8 heteroatoms. The summed E-state index contributed by atoms with van der Waals surface area (Å²) < 4.78 is 7.02. The van der Waals surface area contributed by atoms with E-state index in [-0.39, 0.29) is 11.2 Å². The van der Waals surface area contributed by atoms with Crippen molar-refractivity contribution in [3.05, 3.63) is 29.3 Å². The number of thioether (sulfide) groups is 1. The van der Waals surface area contributed by atoms with Crippen LogP contribution in [-0.4, -0.2) is 62.6 Å². The highest BCUT2D eigenvalue weighted by molar-refractivity contribution is 8.00. The molecule has 1 saturated heterocycles. The minimum absolute atomic E-state index is 0.0966. The van der Waals surface area contributed by atoms with Gasteiger partial charge in [0.15, 0.2) is 0 Å². The summed E-state index contributed by atoms with van der Waals surface area (Å²) in [4.78, 5) is 14.4. The first-order valence-electron chi connectivity index (χ1n) is 7.96. The first-order chi connectivity index (χ1) is 11.6. The Balaban J connectivity index is 1.79. The SMILES string of the molecule is Cc1cccc(C)c1-n1nnnc1SC(C)C(=O)N1CCOCC1. The molecular formula is C16H21N5O2S. The molecule has 1 fully saturated rings. The van der Waals surface area contributed by atoms with Gasteiger partial charge in [-0.3, -0.25) is 4.79 Å². The van der Waals surface area contributed by atoms with Gasteiger partial charge in [0.2, 0.25) is 11.1 Å². The number of carbonyl (C=O) groups is 1. The van der Waals surface area contributed by atoms with Gasteiger partial charge < -0.3 is 9.64 Å². The van der Waals surface area contributed by atoms with Crippen LogP contribution in [0.4, 0.5) is 0 Å². The Morgan fingerprint density at radius 1 is 1.25 bits per heavy atom. The largest absolute Gasteiger partial charge is 0.378 e. The molecule has 1 atom stereocenters. The van der Waals surface area contributed by atoms with E-state index in [0.717, 1.165) is 16.8 Å². The summed E-state index contributed by atoms with van der Waals surface area (Å²) in [6.07, 6.45) is 0. The number of hydrogen-bond acceptors (Lipinski definition) is 6. The molecule has 2 heterocycles. The molecule has 0 saturated carbocycles. The van der Waals surface area contributed by atoms with Gasteiger partial charge in [0.25, 0.3) is 0 Å². The molecule has 0 radical (unpaired) electrons. The number of carbonyl (C=O) groups excluding carboxylic acids is 1. The van der Waals surface area contributed by atoms with Crippen LogP contribution in [0.5, 0.6) is 0 Å². The number of aromatic nitrogens is 4. The van der Waals surface area contributed by atoms with E-state index in [1.807, 2.05) is 43.9 Å². The molecule has 1 aliphatic rings. The fourth-order valence-corrected chi connectivity index (χ4v) is 3.66. The van der Waals surface area contributed by atoms with E-state index in [0.29, 0.717) is 31.5 Å². The predicted octanol–water partition coefficient (Wildman–Crippen LogP) is 1.62. The topological polar surface area (TPSA) is 73.1 Å². The summed E-state index contributed by atoms with van der Waals surface area (Å²) in [5, 5.41) is 12.4. The van der Waals surface area contributed by atoms with Crippen molar-refractivity contribution in [2.45, 2.75) is 31.2 Å². The van der Waals surface area contributed by atoms with Crippen LogP contribution in [0.15, 0.2) is 23.4 Å². The first kappa shape index (κ1) is 16.9. The van der Waals surface area contributed by atoms with Gasteiger partial charge in [-0.25, -0.2) is 0 Å². The zero-order valence-corrected chi connectivity index (χ0v) is 14.9. The number of aryl methyl sites for hydroxylation is 2. The average molecular weight is 347 g/mol. The van der Waals surface area contributed by atoms with Crippen molar-refractivity contribution in [3.8, 4) is 5.69 Å². The normalized spacial score (nSPS) is 16.2. The zero-order valence-electron chi connectivity index (χ0n) is 14.1. The molecule has 1 unspecified atom stereocenters. The summed E-state index contributed by atoms with van der Waals surface area (Å²) >= 11 is 1.39. The highest BCUT2D eigenvalue weighted by Crippen LogP contribution is 2.27. The zero-order chi connectivity index (χ0) is 17.1. The number of ether oxygens (including phenoxy) is 1. The number of benzene rings is 1. The fraction of sp³-hybridized carbons (Fsp3) is 0.500. The average Bonchev–Trinajstić information content (AvgIpc) is 3.02. The monoisotopic (exact) mass is 347 g/mol. The quantitative estimate of drug-likeness (QED) is 0.783. The number of rotatable bonds is 4. The molecule has 1 aliphatic heterocycles. The molecule has 1 amide bonds. The molecule has 7 nitrogen and oxygen atoms in total. The number of morpholine rings is 1. The van der Waals surface area contributed by atoms with Crippen LogP contribution < -0.4 is 0 Å². The summed E-state index contributed by atoms with van der Waals surface area (Å²) in [6, 6.07) is 6.07. The third kappa shape index (κ3) is 3.44. The lowest BCUT2D eigenvalue weighted by molar-refractivity contribution is -0.134. The molecule has 0 bridgehead atoms. The maximum atomic E-state index is 12.6. The molecule has 0 spiro atoms. The molecule has 0 N–H and O–H groups in total. The third-order valence-corrected chi connectivity index (χ3v) is 5.07. The lowest BCUT2D eigenvalue weighted by Gasteiger charge is -2.28. The van der Waals surface area contributed by atoms with Gasteiger partial charge in [0, 0.05) is 13.1 Å². The summed E-state index contributed by atoms with van der Waals surface area (Å²) in [6.45, 7) is 8.44. The second kappa shape index (κ2) is 7.31. The summed E-state index contributed by atoms with van der Waals surface area (Å²) in [5.41, 5.74) is 3.16. The Hall–Kier alpha value is -1.93. The summed E-state index contributed by atoms with van der Waals surface area (Å²) in [7, 11) is 0. The number of tetrazole rings is 1. The van der Waals surface area contributed by atoms with Gasteiger partial charge in [-0.1, -0.05) is 30.0 Å². The fourth-order valence-electron chi connectivity index (χ4n) is 2.78. The van der Waals surface area contributed by atoms with Gasteiger partial charge in [-0.05, 0) is 42.3 Å². The van der Waals surface area contributed by atoms with Gasteiger partial charge in [0.1, 0.15) is 0 Å². The second-order valence-electron chi connectivity index (χ2n) is 5.81. The first-order valence-corrected chi connectivity index (χ1v) is 8.84. The van der Waals surface area contributed by atoms with E-state index in [4.69, 9.17) is 4.74 Å². The van der Waals surface area contributed by atoms with E-state index < -0.39 is 0 Å². The van der Waals surface area contributed by atoms with Crippen molar-refractivity contribution in [1.29, 1.82) is 0 Å². The molecule has 128 valence electrons. The number of nitrogens with zero attached hydrogens (tertiary/aromatic N) is 5. The van der Waals surface area contributed by atoms with Gasteiger partial charge in [-0.15, -0.1) is 5.10 Å². The third-order valence-electron chi connectivity index (χ3n) is 4.04. The van der Waals surface area contributed by atoms with E-state index in [9.17, 15) is 4.79 Å². The molecule has 24 heavy (non-hydrogen) atoms. The Morgan fingerprint density at radius 2 is 1.92 bits per heavy atom. The predicted molar refractivity (Wildman–Crippen MR) is 91.3 cm³/mol. The molecule has 1 aromatic heterocycles. The van der Waals surface area contributed by atoms with Gasteiger partial charge in [0.05, 0.1) is 24.2 Å². The van der Waals surface area contributed by atoms with Crippen LogP contribution in [0.25, 0.3) is 5.69 Å². The van der Waals surface area contributed by atoms with Crippen LogP contribution in [0.2, 0.25) is 0 Å². The number of para-hydroxylation sites is 1. The smallest absolute Gasteiger partial charge is 0.236 e. The lowest BCUT2D eigenvalue weighted by atomic mass is 10.1. The van der Waals surface area contributed by atoms with Crippen molar-refractivity contribution in [2.24, 2.45) is 0 Å². The standard InChI is InChI=1S/C16H21N5O2S/c1-11-5-4-6-12(2)14(11)21-16(17-18-19-21)24-13(3)15(22)20-7-9-23-10-8-20/h4-6,13H,7-10H2,1-3H3. The van der Waals surface area contributed by atoms with Crippen molar-refractivity contribution in [1.82, 2.24) is 25.1 Å². The Kier molecular flexibility index (Phi) is 5.15. The van der Waals surface area contributed by atoms with Gasteiger partial charge >= 0.3 is 0 Å². The van der Waals surface area contributed by atoms with Crippen molar-refractivity contribution < 1.29 is 9.53 Å². The van der Waals surface area contributed by atoms with Gasteiger partial charge in [-0.2, -0.15) is 4.68 Å². The highest BCUT2D eigenvalue weighted by Gasteiger charge is 2.25. The Morgan fingerprint density at radius 3 is 2.58 bits per heavy atom. The number of hydrogen-bond donors (Lipinski definition) is 0. The van der Waals surface area contributed by atoms with Crippen LogP contribution in [0.3, 0.4) is 0 Å². The van der Waals surface area contributed by atoms with Crippen molar-refractivity contribution in [2.75, 3.05) is 26.3 Å². The van der Waals surface area contributed by atoms with Crippen LogP contribution in [0.1, 0.15) is 18.1 Å². The Labute approximate surface area is 145 Å². The molecule has 2 aromatic rings. The molecular weight excluding hydrogens is 326 g/mol. The molecule has 0 aliphatic carbocycles. The van der Waals surface area contributed by atoms with E-state index >= 15 is 0 Å².